The van der Waals surface area contributed by atoms with Crippen LogP contribution in [0.5, 0.6) is 0 Å². The van der Waals surface area contributed by atoms with Crippen molar-refractivity contribution < 1.29 is 14.3 Å². The predicted molar refractivity (Wildman–Crippen MR) is 87.2 cm³/mol. The van der Waals surface area contributed by atoms with Gasteiger partial charge in [-0.3, -0.25) is 4.79 Å². The lowest BCUT2D eigenvalue weighted by Gasteiger charge is -2.44. The SMILES string of the molecule is COCOC(=O)[C@@H]1CC2c3cccc4[nH]cc(c34)C[C@H]2N(C)C1. The van der Waals surface area contributed by atoms with Gasteiger partial charge in [0.25, 0.3) is 0 Å². The number of benzene rings is 1. The number of fused-ring (bicyclic) bond motifs is 2. The summed E-state index contributed by atoms with van der Waals surface area (Å²) in [4.78, 5) is 18.0. The number of carbonyl (C=O) groups excluding carboxylic acids is 1. The van der Waals surface area contributed by atoms with E-state index in [1.165, 1.54) is 29.1 Å². The summed E-state index contributed by atoms with van der Waals surface area (Å²) in [5, 5.41) is 1.35. The molecule has 1 aliphatic carbocycles. The second-order valence-corrected chi connectivity index (χ2v) is 6.70. The van der Waals surface area contributed by atoms with Crippen LogP contribution in [0.25, 0.3) is 10.9 Å². The van der Waals surface area contributed by atoms with Gasteiger partial charge in [0.15, 0.2) is 6.79 Å². The average molecular weight is 314 g/mol. The van der Waals surface area contributed by atoms with E-state index in [2.05, 4.69) is 41.3 Å². The molecule has 1 aliphatic heterocycles. The number of rotatable bonds is 3. The first-order chi connectivity index (χ1) is 11.2. The second kappa shape index (κ2) is 5.65. The predicted octanol–water partition coefficient (Wildman–Crippen LogP) is 2.28. The number of ether oxygens (including phenoxy) is 2. The summed E-state index contributed by atoms with van der Waals surface area (Å²) in [7, 11) is 3.65. The summed E-state index contributed by atoms with van der Waals surface area (Å²) in [6.45, 7) is 0.782. The Bertz CT molecular complexity index is 739. The van der Waals surface area contributed by atoms with Crippen LogP contribution in [-0.2, 0) is 20.7 Å². The number of hydrogen-bond acceptors (Lipinski definition) is 4. The van der Waals surface area contributed by atoms with Gasteiger partial charge >= 0.3 is 5.97 Å². The molecule has 0 radical (unpaired) electrons. The molecule has 1 saturated heterocycles. The Morgan fingerprint density at radius 1 is 1.43 bits per heavy atom. The summed E-state index contributed by atoms with van der Waals surface area (Å²) in [6.07, 6.45) is 4.02. The number of hydrogen-bond donors (Lipinski definition) is 1. The number of likely N-dealkylation sites (tertiary alicyclic amines) is 1. The summed E-state index contributed by atoms with van der Waals surface area (Å²) in [5.74, 6) is 0.136. The molecule has 1 unspecified atom stereocenters. The molecule has 3 atom stereocenters. The standard InChI is InChI=1S/C18H22N2O3/c1-20-9-12(18(21)23-10-22-2)6-14-13-4-3-5-15-17(13)11(8-19-15)7-16(14)20/h3-5,8,12,14,16,19H,6-7,9-10H2,1-2H3/t12-,14?,16-/m1/s1. The van der Waals surface area contributed by atoms with Crippen LogP contribution < -0.4 is 0 Å². The number of aromatic amines is 1. The minimum atomic E-state index is -0.149. The molecule has 5 nitrogen and oxygen atoms in total. The first-order valence-electron chi connectivity index (χ1n) is 8.13. The minimum absolute atomic E-state index is 0.0324. The van der Waals surface area contributed by atoms with E-state index in [4.69, 9.17) is 9.47 Å². The van der Waals surface area contributed by atoms with Gasteiger partial charge in [0.1, 0.15) is 0 Å². The third kappa shape index (κ3) is 2.35. The van der Waals surface area contributed by atoms with Crippen LogP contribution in [0.3, 0.4) is 0 Å². The summed E-state index contributed by atoms with van der Waals surface area (Å²) >= 11 is 0. The van der Waals surface area contributed by atoms with Crippen LogP contribution in [0.4, 0.5) is 0 Å². The van der Waals surface area contributed by atoms with Gasteiger partial charge in [-0.1, -0.05) is 12.1 Å². The van der Waals surface area contributed by atoms with Crippen LogP contribution in [0.2, 0.25) is 0 Å². The van der Waals surface area contributed by atoms with Crippen molar-refractivity contribution in [2.45, 2.75) is 24.8 Å². The van der Waals surface area contributed by atoms with Crippen molar-refractivity contribution in [2.24, 2.45) is 5.92 Å². The van der Waals surface area contributed by atoms with E-state index in [1.54, 1.807) is 0 Å². The Morgan fingerprint density at radius 3 is 3.13 bits per heavy atom. The molecule has 0 bridgehead atoms. The fraction of sp³-hybridized carbons (Fsp3) is 0.500. The molecule has 2 heterocycles. The van der Waals surface area contributed by atoms with Crippen molar-refractivity contribution in [3.63, 3.8) is 0 Å². The zero-order chi connectivity index (χ0) is 16.0. The summed E-state index contributed by atoms with van der Waals surface area (Å²) < 4.78 is 10.1. The number of esters is 1. The second-order valence-electron chi connectivity index (χ2n) is 6.70. The van der Waals surface area contributed by atoms with Crippen molar-refractivity contribution in [3.8, 4) is 0 Å². The van der Waals surface area contributed by atoms with E-state index >= 15 is 0 Å². The number of piperidine rings is 1. The van der Waals surface area contributed by atoms with Crippen molar-refractivity contribution in [2.75, 3.05) is 27.5 Å². The third-order valence-corrected chi connectivity index (χ3v) is 5.38. The van der Waals surface area contributed by atoms with Crippen LogP contribution >= 0.6 is 0 Å². The highest BCUT2D eigenvalue weighted by molar-refractivity contribution is 5.88. The lowest BCUT2D eigenvalue weighted by molar-refractivity contribution is -0.161. The molecular formula is C18H22N2O3. The van der Waals surface area contributed by atoms with E-state index in [1.807, 2.05) is 0 Å². The first-order valence-corrected chi connectivity index (χ1v) is 8.13. The molecule has 1 N–H and O–H groups in total. The Morgan fingerprint density at radius 2 is 2.30 bits per heavy atom. The third-order valence-electron chi connectivity index (χ3n) is 5.38. The molecular weight excluding hydrogens is 292 g/mol. The van der Waals surface area contributed by atoms with Crippen molar-refractivity contribution in [1.82, 2.24) is 9.88 Å². The van der Waals surface area contributed by atoms with Gasteiger partial charge in [0.2, 0.25) is 0 Å². The smallest absolute Gasteiger partial charge is 0.312 e. The normalized spacial score (nSPS) is 27.0. The molecule has 0 spiro atoms. The van der Waals surface area contributed by atoms with Crippen LogP contribution in [0, 0.1) is 5.92 Å². The summed E-state index contributed by atoms with van der Waals surface area (Å²) in [5.41, 5.74) is 3.96. The zero-order valence-corrected chi connectivity index (χ0v) is 13.5. The number of methoxy groups -OCH3 is 1. The molecule has 1 aromatic heterocycles. The van der Waals surface area contributed by atoms with Gasteiger partial charge in [-0.15, -0.1) is 0 Å². The van der Waals surface area contributed by atoms with Crippen molar-refractivity contribution in [3.05, 3.63) is 35.5 Å². The number of aromatic nitrogens is 1. The number of carbonyl (C=O) groups is 1. The van der Waals surface area contributed by atoms with E-state index in [0.717, 1.165) is 19.4 Å². The van der Waals surface area contributed by atoms with E-state index in [-0.39, 0.29) is 18.7 Å². The van der Waals surface area contributed by atoms with E-state index < -0.39 is 0 Å². The Hall–Kier alpha value is -1.85. The van der Waals surface area contributed by atoms with Crippen molar-refractivity contribution in [1.29, 1.82) is 0 Å². The van der Waals surface area contributed by atoms with Gasteiger partial charge in [-0.25, -0.2) is 0 Å². The van der Waals surface area contributed by atoms with Crippen LogP contribution in [0.15, 0.2) is 24.4 Å². The number of H-pyrrole nitrogens is 1. The molecule has 122 valence electrons. The molecule has 2 aromatic rings. The molecule has 1 aromatic carbocycles. The van der Waals surface area contributed by atoms with E-state index in [0.29, 0.717) is 12.0 Å². The van der Waals surface area contributed by atoms with Crippen LogP contribution in [-0.4, -0.2) is 49.4 Å². The topological polar surface area (TPSA) is 54.6 Å². The van der Waals surface area contributed by atoms with E-state index in [9.17, 15) is 4.79 Å². The molecule has 23 heavy (non-hydrogen) atoms. The maximum atomic E-state index is 12.3. The lowest BCUT2D eigenvalue weighted by atomic mass is 9.72. The lowest BCUT2D eigenvalue weighted by Crippen LogP contribution is -2.49. The van der Waals surface area contributed by atoms with Gasteiger partial charge in [-0.2, -0.15) is 0 Å². The Labute approximate surface area is 135 Å². The van der Waals surface area contributed by atoms with Gasteiger partial charge in [0.05, 0.1) is 5.92 Å². The summed E-state index contributed by atoms with van der Waals surface area (Å²) in [6, 6.07) is 6.90. The Balaban J connectivity index is 1.67. The monoisotopic (exact) mass is 314 g/mol. The average Bonchev–Trinajstić information content (AvgIpc) is 2.98. The zero-order valence-electron chi connectivity index (χ0n) is 13.5. The first kappa shape index (κ1) is 14.7. The molecule has 1 fully saturated rings. The fourth-order valence-electron chi connectivity index (χ4n) is 4.35. The number of nitrogens with one attached hydrogen (secondary N) is 1. The largest absolute Gasteiger partial charge is 0.438 e. The fourth-order valence-corrected chi connectivity index (χ4v) is 4.35. The minimum Gasteiger partial charge on any atom is -0.438 e. The highest BCUT2D eigenvalue weighted by Gasteiger charge is 2.41. The van der Waals surface area contributed by atoms with Crippen LogP contribution in [0.1, 0.15) is 23.5 Å². The number of likely N-dealkylation sites (N-methyl/N-ethyl adjacent to an activating group) is 1. The van der Waals surface area contributed by atoms with Crippen molar-refractivity contribution >= 4 is 16.9 Å². The highest BCUT2D eigenvalue weighted by atomic mass is 16.7. The molecule has 4 rings (SSSR count). The highest BCUT2D eigenvalue weighted by Crippen LogP contribution is 2.44. The molecule has 0 saturated carbocycles. The maximum Gasteiger partial charge on any atom is 0.312 e. The quantitative estimate of drug-likeness (QED) is 0.697. The van der Waals surface area contributed by atoms with Gasteiger partial charge in [-0.05, 0) is 37.1 Å². The van der Waals surface area contributed by atoms with Gasteiger partial charge in [0, 0.05) is 42.7 Å². The Kier molecular flexibility index (Phi) is 3.62. The molecule has 5 heteroatoms. The molecule has 2 aliphatic rings. The van der Waals surface area contributed by atoms with Gasteiger partial charge < -0.3 is 19.4 Å². The maximum absolute atomic E-state index is 12.3. The number of nitrogens with zero attached hydrogens (tertiary/aromatic N) is 1. The molecule has 0 amide bonds.